The second-order valence-corrected chi connectivity index (χ2v) is 6.13. The monoisotopic (exact) mass is 378 g/mol. The lowest BCUT2D eigenvalue weighted by Crippen LogP contribution is -2.39. The number of hydrogen-bond acceptors (Lipinski definition) is 3. The van der Waals surface area contributed by atoms with Crippen LogP contribution in [0, 0.1) is 0 Å². The van der Waals surface area contributed by atoms with Crippen LogP contribution in [0.25, 0.3) is 0 Å². The van der Waals surface area contributed by atoms with E-state index in [1.54, 1.807) is 18.2 Å². The molecule has 2 aromatic carbocycles. The summed E-state index contributed by atoms with van der Waals surface area (Å²) in [6.45, 7) is 0.0154. The third-order valence-corrected chi connectivity index (χ3v) is 4.34. The molecule has 2 amide bonds. The summed E-state index contributed by atoms with van der Waals surface area (Å²) in [5, 5.41) is 0. The largest absolute Gasteiger partial charge is 0.484 e. The number of nitrogens with two attached hydrogens (primary N) is 1. The van der Waals surface area contributed by atoms with E-state index in [4.69, 9.17) is 10.5 Å². The summed E-state index contributed by atoms with van der Waals surface area (Å²) in [6.07, 6.45) is -3.22. The zero-order valence-electron chi connectivity index (χ0n) is 14.3. The molecule has 1 heterocycles. The van der Waals surface area contributed by atoms with Gasteiger partial charge in [0.05, 0.1) is 5.56 Å². The van der Waals surface area contributed by atoms with Gasteiger partial charge in [-0.3, -0.25) is 9.59 Å². The summed E-state index contributed by atoms with van der Waals surface area (Å²) in [5.74, 6) is -1.02. The second-order valence-electron chi connectivity index (χ2n) is 6.13. The van der Waals surface area contributed by atoms with Crippen LogP contribution in [0.3, 0.4) is 0 Å². The van der Waals surface area contributed by atoms with Crippen molar-refractivity contribution in [2.24, 2.45) is 5.73 Å². The molecule has 2 aromatic rings. The van der Waals surface area contributed by atoms with Crippen molar-refractivity contribution in [1.29, 1.82) is 0 Å². The lowest BCUT2D eigenvalue weighted by molar-refractivity contribution is -0.137. The Morgan fingerprint density at radius 3 is 2.59 bits per heavy atom. The van der Waals surface area contributed by atoms with Gasteiger partial charge in [0, 0.05) is 17.8 Å². The zero-order valence-corrected chi connectivity index (χ0v) is 14.3. The number of primary amides is 1. The first kappa shape index (κ1) is 18.8. The van der Waals surface area contributed by atoms with Crippen LogP contribution in [-0.2, 0) is 17.4 Å². The van der Waals surface area contributed by atoms with Crippen LogP contribution >= 0.6 is 0 Å². The summed E-state index contributed by atoms with van der Waals surface area (Å²) in [7, 11) is 0. The van der Waals surface area contributed by atoms with Crippen molar-refractivity contribution in [3.8, 4) is 5.75 Å². The van der Waals surface area contributed by atoms with Gasteiger partial charge in [-0.05, 0) is 48.7 Å². The van der Waals surface area contributed by atoms with E-state index in [0.29, 0.717) is 36.2 Å². The van der Waals surface area contributed by atoms with Gasteiger partial charge in [0.2, 0.25) is 5.91 Å². The highest BCUT2D eigenvalue weighted by Gasteiger charge is 2.31. The number of ether oxygens (including phenoxy) is 1. The second kappa shape index (κ2) is 7.30. The molecule has 142 valence electrons. The maximum atomic E-state index is 12.8. The van der Waals surface area contributed by atoms with Crippen LogP contribution < -0.4 is 15.4 Å². The van der Waals surface area contributed by atoms with Crippen LogP contribution in [0.15, 0.2) is 42.5 Å². The average Bonchev–Trinajstić information content (AvgIpc) is 2.64. The van der Waals surface area contributed by atoms with E-state index < -0.39 is 30.2 Å². The van der Waals surface area contributed by atoms with E-state index in [1.165, 1.54) is 17.0 Å². The summed E-state index contributed by atoms with van der Waals surface area (Å²) in [4.78, 5) is 25.6. The molecule has 1 aliphatic heterocycles. The number of nitrogens with zero attached hydrogens (tertiary/aromatic N) is 1. The van der Waals surface area contributed by atoms with Gasteiger partial charge in [-0.25, -0.2) is 0 Å². The minimum Gasteiger partial charge on any atom is -0.484 e. The molecule has 5 nitrogen and oxygen atoms in total. The van der Waals surface area contributed by atoms with Gasteiger partial charge in [0.1, 0.15) is 5.75 Å². The van der Waals surface area contributed by atoms with Gasteiger partial charge in [-0.1, -0.05) is 12.1 Å². The Balaban J connectivity index is 1.76. The number of carbonyl (C=O) groups excluding carboxylic acids is 2. The Hall–Kier alpha value is -3.03. The van der Waals surface area contributed by atoms with E-state index in [9.17, 15) is 22.8 Å². The summed E-state index contributed by atoms with van der Waals surface area (Å²) in [5.41, 5.74) is 6.18. The molecule has 8 heteroatoms. The van der Waals surface area contributed by atoms with E-state index in [0.717, 1.165) is 12.1 Å². The van der Waals surface area contributed by atoms with Crippen LogP contribution in [0.2, 0.25) is 0 Å². The predicted molar refractivity (Wildman–Crippen MR) is 92.6 cm³/mol. The predicted octanol–water partition coefficient (Wildman–Crippen LogP) is 3.16. The summed E-state index contributed by atoms with van der Waals surface area (Å²) in [6, 6.07) is 9.31. The first-order valence-electron chi connectivity index (χ1n) is 8.29. The van der Waals surface area contributed by atoms with Gasteiger partial charge >= 0.3 is 6.18 Å². The zero-order chi connectivity index (χ0) is 19.6. The van der Waals surface area contributed by atoms with E-state index >= 15 is 0 Å². The lowest BCUT2D eigenvalue weighted by atomic mass is 9.96. The van der Waals surface area contributed by atoms with Gasteiger partial charge in [0.25, 0.3) is 5.91 Å². The van der Waals surface area contributed by atoms with E-state index in [2.05, 4.69) is 0 Å². The van der Waals surface area contributed by atoms with Crippen LogP contribution in [0.1, 0.15) is 27.9 Å². The minimum atomic E-state index is -4.49. The van der Waals surface area contributed by atoms with Gasteiger partial charge in [-0.2, -0.15) is 13.2 Å². The number of halogens is 3. The number of amides is 2. The number of benzene rings is 2. The molecular formula is C19H17F3N2O3. The van der Waals surface area contributed by atoms with Crippen molar-refractivity contribution in [3.63, 3.8) is 0 Å². The molecule has 3 rings (SSSR count). The molecule has 0 radical (unpaired) electrons. The third kappa shape index (κ3) is 4.05. The molecule has 2 N–H and O–H groups in total. The van der Waals surface area contributed by atoms with Crippen molar-refractivity contribution in [3.05, 3.63) is 59.2 Å². The fraction of sp³-hybridized carbons (Fsp3) is 0.263. The molecule has 0 saturated heterocycles. The van der Waals surface area contributed by atoms with Crippen molar-refractivity contribution in [1.82, 2.24) is 0 Å². The molecule has 1 aliphatic rings. The Bertz CT molecular complexity index is 881. The van der Waals surface area contributed by atoms with Crippen molar-refractivity contribution in [2.75, 3.05) is 18.1 Å². The minimum absolute atomic E-state index is 0.0405. The molecule has 0 aromatic heterocycles. The number of carbonyl (C=O) groups is 2. The highest BCUT2D eigenvalue weighted by atomic mass is 19.4. The number of anilines is 1. The van der Waals surface area contributed by atoms with Crippen LogP contribution in [0.4, 0.5) is 18.9 Å². The first-order valence-corrected chi connectivity index (χ1v) is 8.29. The molecule has 0 aliphatic carbocycles. The van der Waals surface area contributed by atoms with Crippen molar-refractivity contribution >= 4 is 17.5 Å². The molecule has 0 fully saturated rings. The van der Waals surface area contributed by atoms with Crippen molar-refractivity contribution in [2.45, 2.75) is 19.0 Å². The summed E-state index contributed by atoms with van der Waals surface area (Å²) < 4.78 is 43.5. The maximum Gasteiger partial charge on any atom is 0.416 e. The highest BCUT2D eigenvalue weighted by Crippen LogP contribution is 2.32. The standard InChI is InChI=1S/C19H17F3N2O3/c20-19(21,22)12-4-1-5-13(10-12)27-11-17(25)24-9-3-7-14-15(18(23)26)6-2-8-16(14)24/h1-2,4-6,8,10H,3,7,9,11H2,(H2,23,26). The van der Waals surface area contributed by atoms with Crippen LogP contribution in [0.5, 0.6) is 5.75 Å². The van der Waals surface area contributed by atoms with E-state index in [-0.39, 0.29) is 5.75 Å². The van der Waals surface area contributed by atoms with Gasteiger partial charge < -0.3 is 15.4 Å². The Morgan fingerprint density at radius 2 is 1.89 bits per heavy atom. The molecule has 0 unspecified atom stereocenters. The fourth-order valence-corrected chi connectivity index (χ4v) is 3.10. The number of hydrogen-bond donors (Lipinski definition) is 1. The quantitative estimate of drug-likeness (QED) is 0.888. The SMILES string of the molecule is NC(=O)c1cccc2c1CCCN2C(=O)COc1cccc(C(F)(F)F)c1. The molecular weight excluding hydrogens is 361 g/mol. The van der Waals surface area contributed by atoms with Crippen LogP contribution in [-0.4, -0.2) is 25.0 Å². The first-order chi connectivity index (χ1) is 12.8. The molecule has 0 atom stereocenters. The number of rotatable bonds is 4. The smallest absolute Gasteiger partial charge is 0.416 e. The topological polar surface area (TPSA) is 72.6 Å². The molecule has 0 saturated carbocycles. The fourth-order valence-electron chi connectivity index (χ4n) is 3.10. The highest BCUT2D eigenvalue weighted by molar-refractivity contribution is 6.00. The Morgan fingerprint density at radius 1 is 1.15 bits per heavy atom. The Kier molecular flexibility index (Phi) is 5.07. The normalized spacial score (nSPS) is 13.8. The average molecular weight is 378 g/mol. The number of fused-ring (bicyclic) bond motifs is 1. The molecule has 0 bridgehead atoms. The Labute approximate surface area is 153 Å². The molecule has 0 spiro atoms. The van der Waals surface area contributed by atoms with Crippen molar-refractivity contribution < 1.29 is 27.5 Å². The number of alkyl halides is 3. The third-order valence-electron chi connectivity index (χ3n) is 4.34. The maximum absolute atomic E-state index is 12.8. The summed E-state index contributed by atoms with van der Waals surface area (Å²) >= 11 is 0. The van der Waals surface area contributed by atoms with Gasteiger partial charge in [0.15, 0.2) is 6.61 Å². The van der Waals surface area contributed by atoms with Gasteiger partial charge in [-0.15, -0.1) is 0 Å². The lowest BCUT2D eigenvalue weighted by Gasteiger charge is -2.30. The molecule has 27 heavy (non-hydrogen) atoms. The van der Waals surface area contributed by atoms with E-state index in [1.807, 2.05) is 0 Å².